The lowest BCUT2D eigenvalue weighted by atomic mass is 10.1. The maximum atomic E-state index is 6.10. The Morgan fingerprint density at radius 2 is 2.05 bits per heavy atom. The number of rotatable bonds is 7. The second-order valence-electron chi connectivity index (χ2n) is 4.95. The molecule has 21 heavy (non-hydrogen) atoms. The number of nitrogens with zero attached hydrogens (tertiary/aromatic N) is 2. The molecular weight excluding hydrogens is 266 g/mol. The first kappa shape index (κ1) is 15.5. The first-order valence-corrected chi connectivity index (χ1v) is 7.12. The van der Waals surface area contributed by atoms with E-state index < -0.39 is 0 Å². The van der Waals surface area contributed by atoms with Crippen molar-refractivity contribution in [2.75, 3.05) is 39.6 Å². The third-order valence-electron chi connectivity index (χ3n) is 3.59. The summed E-state index contributed by atoms with van der Waals surface area (Å²) in [6.07, 6.45) is 0. The van der Waals surface area contributed by atoms with Gasteiger partial charge in [-0.1, -0.05) is 6.92 Å². The molecule has 0 bridgehead atoms. The molecular formula is C16H23N3O2. The summed E-state index contributed by atoms with van der Waals surface area (Å²) in [4.78, 5) is 6.78. The summed E-state index contributed by atoms with van der Waals surface area (Å²) in [5, 5.41) is 1.07. The molecule has 0 saturated carbocycles. The lowest BCUT2D eigenvalue weighted by molar-refractivity contribution is 0.147. The number of hydrogen-bond acceptors (Lipinski definition) is 5. The highest BCUT2D eigenvalue weighted by Gasteiger charge is 2.09. The fourth-order valence-electron chi connectivity index (χ4n) is 2.27. The number of hydrogen-bond donors (Lipinski definition) is 1. The van der Waals surface area contributed by atoms with E-state index in [9.17, 15) is 0 Å². The van der Waals surface area contributed by atoms with E-state index in [-0.39, 0.29) is 0 Å². The zero-order chi connectivity index (χ0) is 15.2. The van der Waals surface area contributed by atoms with Crippen molar-refractivity contribution in [1.82, 2.24) is 9.88 Å². The van der Waals surface area contributed by atoms with E-state index in [4.69, 9.17) is 15.2 Å². The van der Waals surface area contributed by atoms with Gasteiger partial charge >= 0.3 is 0 Å². The average Bonchev–Trinajstić information content (AvgIpc) is 2.51. The van der Waals surface area contributed by atoms with Gasteiger partial charge < -0.3 is 15.2 Å². The Hall–Kier alpha value is -1.85. The van der Waals surface area contributed by atoms with Crippen LogP contribution in [0.2, 0.25) is 0 Å². The van der Waals surface area contributed by atoms with Crippen LogP contribution in [-0.4, -0.2) is 43.8 Å². The number of pyridine rings is 1. The van der Waals surface area contributed by atoms with Crippen molar-refractivity contribution >= 4 is 16.7 Å². The highest BCUT2D eigenvalue weighted by atomic mass is 16.5. The van der Waals surface area contributed by atoms with E-state index in [1.54, 1.807) is 14.2 Å². The molecule has 2 N–H and O–H groups in total. The number of aromatic nitrogens is 1. The van der Waals surface area contributed by atoms with Crippen LogP contribution in [0, 0.1) is 0 Å². The monoisotopic (exact) mass is 289 g/mol. The standard InChI is InChI=1S/C16H23N3O2/c1-4-19(7-8-20-2)11-13-9-12-5-6-14(21-3)10-15(12)18-16(13)17/h5-6,9-10H,4,7-8,11H2,1-3H3,(H2,17,18). The largest absolute Gasteiger partial charge is 0.497 e. The molecule has 0 spiro atoms. The molecule has 0 aliphatic rings. The van der Waals surface area contributed by atoms with Crippen molar-refractivity contribution < 1.29 is 9.47 Å². The minimum absolute atomic E-state index is 0.576. The van der Waals surface area contributed by atoms with Gasteiger partial charge in [0.15, 0.2) is 0 Å². The summed E-state index contributed by atoms with van der Waals surface area (Å²) < 4.78 is 10.4. The van der Waals surface area contributed by atoms with Gasteiger partial charge in [-0.2, -0.15) is 0 Å². The Labute approximate surface area is 125 Å². The van der Waals surface area contributed by atoms with Crippen LogP contribution >= 0.6 is 0 Å². The van der Waals surface area contributed by atoms with Gasteiger partial charge in [0, 0.05) is 37.2 Å². The molecule has 0 fully saturated rings. The summed E-state index contributed by atoms with van der Waals surface area (Å²) in [6.45, 7) is 5.45. The number of nitrogens with two attached hydrogens (primary N) is 1. The number of likely N-dealkylation sites (N-methyl/N-ethyl adjacent to an activating group) is 1. The van der Waals surface area contributed by atoms with E-state index in [0.29, 0.717) is 12.4 Å². The van der Waals surface area contributed by atoms with Crippen LogP contribution in [0.1, 0.15) is 12.5 Å². The molecule has 0 radical (unpaired) electrons. The summed E-state index contributed by atoms with van der Waals surface area (Å²) >= 11 is 0. The minimum atomic E-state index is 0.576. The maximum Gasteiger partial charge on any atom is 0.128 e. The van der Waals surface area contributed by atoms with E-state index in [2.05, 4.69) is 22.9 Å². The van der Waals surface area contributed by atoms with Crippen LogP contribution in [0.4, 0.5) is 5.82 Å². The molecule has 0 unspecified atom stereocenters. The van der Waals surface area contributed by atoms with Crippen LogP contribution in [0.15, 0.2) is 24.3 Å². The first-order valence-electron chi connectivity index (χ1n) is 7.12. The molecule has 114 valence electrons. The fraction of sp³-hybridized carbons (Fsp3) is 0.438. The molecule has 5 nitrogen and oxygen atoms in total. The van der Waals surface area contributed by atoms with Gasteiger partial charge in [-0.05, 0) is 24.7 Å². The minimum Gasteiger partial charge on any atom is -0.497 e. The molecule has 0 aliphatic carbocycles. The molecule has 0 saturated heterocycles. The Morgan fingerprint density at radius 3 is 2.71 bits per heavy atom. The third kappa shape index (κ3) is 3.83. The van der Waals surface area contributed by atoms with Gasteiger partial charge in [0.05, 0.1) is 19.2 Å². The number of methoxy groups -OCH3 is 2. The molecule has 1 heterocycles. The fourth-order valence-corrected chi connectivity index (χ4v) is 2.27. The van der Waals surface area contributed by atoms with Crippen LogP contribution in [-0.2, 0) is 11.3 Å². The highest BCUT2D eigenvalue weighted by molar-refractivity contribution is 5.82. The quantitative estimate of drug-likeness (QED) is 0.847. The summed E-state index contributed by atoms with van der Waals surface area (Å²) in [5.41, 5.74) is 8.00. The molecule has 5 heteroatoms. The normalized spacial score (nSPS) is 11.2. The molecule has 0 aliphatic heterocycles. The average molecular weight is 289 g/mol. The van der Waals surface area contributed by atoms with Gasteiger partial charge in [-0.3, -0.25) is 4.90 Å². The number of fused-ring (bicyclic) bond motifs is 1. The molecule has 0 atom stereocenters. The van der Waals surface area contributed by atoms with E-state index in [1.165, 1.54) is 0 Å². The Kier molecular flexibility index (Phi) is 5.36. The number of nitrogen functional groups attached to an aromatic ring is 1. The topological polar surface area (TPSA) is 60.6 Å². The summed E-state index contributed by atoms with van der Waals surface area (Å²) in [5.74, 6) is 1.36. The molecule has 2 aromatic rings. The highest BCUT2D eigenvalue weighted by Crippen LogP contribution is 2.23. The van der Waals surface area contributed by atoms with Crippen LogP contribution in [0.25, 0.3) is 10.9 Å². The van der Waals surface area contributed by atoms with Crippen molar-refractivity contribution in [1.29, 1.82) is 0 Å². The predicted molar refractivity (Wildman–Crippen MR) is 85.5 cm³/mol. The van der Waals surface area contributed by atoms with Crippen molar-refractivity contribution in [3.63, 3.8) is 0 Å². The van der Waals surface area contributed by atoms with Crippen molar-refractivity contribution in [3.8, 4) is 5.75 Å². The second kappa shape index (κ2) is 7.24. The SMILES string of the molecule is CCN(CCOC)Cc1cc2ccc(OC)cc2nc1N. The maximum absolute atomic E-state index is 6.10. The Morgan fingerprint density at radius 1 is 1.24 bits per heavy atom. The van der Waals surface area contributed by atoms with Gasteiger partial charge in [0.1, 0.15) is 11.6 Å². The predicted octanol–water partition coefficient (Wildman–Crippen LogP) is 2.29. The smallest absolute Gasteiger partial charge is 0.128 e. The van der Waals surface area contributed by atoms with E-state index in [0.717, 1.165) is 41.9 Å². The number of ether oxygens (including phenoxy) is 2. The van der Waals surface area contributed by atoms with Crippen LogP contribution in [0.3, 0.4) is 0 Å². The Balaban J connectivity index is 2.25. The van der Waals surface area contributed by atoms with Gasteiger partial charge in [0.25, 0.3) is 0 Å². The van der Waals surface area contributed by atoms with Gasteiger partial charge in [-0.25, -0.2) is 4.98 Å². The van der Waals surface area contributed by atoms with Crippen LogP contribution in [0.5, 0.6) is 5.75 Å². The molecule has 1 aromatic carbocycles. The third-order valence-corrected chi connectivity index (χ3v) is 3.59. The zero-order valence-electron chi connectivity index (χ0n) is 12.9. The Bertz CT molecular complexity index is 601. The molecule has 2 rings (SSSR count). The van der Waals surface area contributed by atoms with E-state index >= 15 is 0 Å². The van der Waals surface area contributed by atoms with Crippen molar-refractivity contribution in [2.45, 2.75) is 13.5 Å². The van der Waals surface area contributed by atoms with Gasteiger partial charge in [-0.15, -0.1) is 0 Å². The summed E-state index contributed by atoms with van der Waals surface area (Å²) in [7, 11) is 3.36. The van der Waals surface area contributed by atoms with Gasteiger partial charge in [0.2, 0.25) is 0 Å². The van der Waals surface area contributed by atoms with Crippen LogP contribution < -0.4 is 10.5 Å². The van der Waals surface area contributed by atoms with Crippen molar-refractivity contribution in [3.05, 3.63) is 29.8 Å². The lowest BCUT2D eigenvalue weighted by Gasteiger charge is -2.20. The number of anilines is 1. The summed E-state index contributed by atoms with van der Waals surface area (Å²) in [6, 6.07) is 7.95. The number of benzene rings is 1. The zero-order valence-corrected chi connectivity index (χ0v) is 12.9. The lowest BCUT2D eigenvalue weighted by Crippen LogP contribution is -2.27. The molecule has 0 amide bonds. The van der Waals surface area contributed by atoms with Crippen molar-refractivity contribution in [2.24, 2.45) is 0 Å². The second-order valence-corrected chi connectivity index (χ2v) is 4.95. The first-order chi connectivity index (χ1) is 10.2. The van der Waals surface area contributed by atoms with E-state index in [1.807, 2.05) is 18.2 Å². The molecule has 1 aromatic heterocycles.